The summed E-state index contributed by atoms with van der Waals surface area (Å²) in [6.45, 7) is 6.84. The molecule has 0 spiro atoms. The second-order valence-electron chi connectivity index (χ2n) is 7.82. The minimum atomic E-state index is -3.30. The van der Waals surface area contributed by atoms with Crippen molar-refractivity contribution in [3.8, 4) is 11.7 Å². The van der Waals surface area contributed by atoms with E-state index in [0.717, 1.165) is 37.1 Å². The molecule has 2 aromatic heterocycles. The number of piperidine rings is 1. The van der Waals surface area contributed by atoms with Crippen molar-refractivity contribution in [2.24, 2.45) is 5.92 Å². The van der Waals surface area contributed by atoms with Gasteiger partial charge in [0.2, 0.25) is 5.88 Å². The summed E-state index contributed by atoms with van der Waals surface area (Å²) in [5, 5.41) is 4.44. The summed E-state index contributed by atoms with van der Waals surface area (Å²) in [7, 11) is -3.30. The second kappa shape index (κ2) is 8.37. The van der Waals surface area contributed by atoms with E-state index in [9.17, 15) is 8.42 Å². The Balaban J connectivity index is 1.32. The van der Waals surface area contributed by atoms with Crippen LogP contribution in [0.15, 0.2) is 18.5 Å². The monoisotopic (exact) mass is 420 g/mol. The normalized spacial score (nSPS) is 19.7. The van der Waals surface area contributed by atoms with Crippen LogP contribution < -0.4 is 4.74 Å². The molecule has 0 N–H and O–H groups in total. The molecule has 0 amide bonds. The minimum Gasteiger partial charge on any atom is -0.477 e. The van der Waals surface area contributed by atoms with Crippen molar-refractivity contribution in [1.29, 1.82) is 0 Å². The highest BCUT2D eigenvalue weighted by atomic mass is 32.2. The average Bonchev–Trinajstić information content (AvgIpc) is 3.37. The topological polar surface area (TPSA) is 93.5 Å². The Labute approximate surface area is 171 Å². The highest BCUT2D eigenvalue weighted by Crippen LogP contribution is 2.24. The molecule has 0 radical (unpaired) electrons. The van der Waals surface area contributed by atoms with E-state index in [1.807, 2.05) is 19.9 Å². The number of aromatic nitrogens is 4. The number of hydrogen-bond acceptors (Lipinski definition) is 6. The van der Waals surface area contributed by atoms with Crippen LogP contribution in [0.4, 0.5) is 0 Å². The molecule has 158 valence electrons. The van der Waals surface area contributed by atoms with Crippen molar-refractivity contribution in [3.05, 3.63) is 29.8 Å². The summed E-state index contributed by atoms with van der Waals surface area (Å²) in [5.41, 5.74) is 1.93. The van der Waals surface area contributed by atoms with Gasteiger partial charge in [0, 0.05) is 37.9 Å². The fourth-order valence-corrected chi connectivity index (χ4v) is 5.70. The van der Waals surface area contributed by atoms with Gasteiger partial charge in [-0.2, -0.15) is 22.1 Å². The predicted octanol–water partition coefficient (Wildman–Crippen LogP) is 1.71. The van der Waals surface area contributed by atoms with Gasteiger partial charge in [-0.15, -0.1) is 0 Å². The molecule has 0 unspecified atom stereocenters. The lowest BCUT2D eigenvalue weighted by Gasteiger charge is -2.33. The largest absolute Gasteiger partial charge is 0.477 e. The molecule has 4 rings (SSSR count). The molecule has 0 aliphatic carbocycles. The van der Waals surface area contributed by atoms with Gasteiger partial charge in [-0.1, -0.05) is 0 Å². The number of nitrogens with zero attached hydrogens (tertiary/aromatic N) is 6. The van der Waals surface area contributed by atoms with Crippen LogP contribution in [0.1, 0.15) is 37.1 Å². The highest BCUT2D eigenvalue weighted by Gasteiger charge is 2.34. The van der Waals surface area contributed by atoms with Gasteiger partial charge in [-0.05, 0) is 51.5 Å². The van der Waals surface area contributed by atoms with Crippen LogP contribution in [0.2, 0.25) is 0 Å². The molecule has 0 atom stereocenters. The van der Waals surface area contributed by atoms with E-state index in [1.165, 1.54) is 6.33 Å². The Hall–Kier alpha value is -2.04. The lowest BCUT2D eigenvalue weighted by Crippen LogP contribution is -2.46. The van der Waals surface area contributed by atoms with E-state index in [4.69, 9.17) is 4.74 Å². The fourth-order valence-electron chi connectivity index (χ4n) is 3.98. The van der Waals surface area contributed by atoms with Crippen LogP contribution in [-0.2, 0) is 10.2 Å². The molecule has 2 aliphatic heterocycles. The molecular weight excluding hydrogens is 392 g/mol. The van der Waals surface area contributed by atoms with Gasteiger partial charge >= 0.3 is 0 Å². The van der Waals surface area contributed by atoms with Crippen molar-refractivity contribution >= 4 is 10.2 Å². The highest BCUT2D eigenvalue weighted by molar-refractivity contribution is 7.86. The van der Waals surface area contributed by atoms with Gasteiger partial charge < -0.3 is 4.74 Å². The van der Waals surface area contributed by atoms with Crippen LogP contribution in [-0.4, -0.2) is 69.6 Å². The quantitative estimate of drug-likeness (QED) is 0.706. The Morgan fingerprint density at radius 2 is 1.72 bits per heavy atom. The zero-order valence-corrected chi connectivity index (χ0v) is 17.8. The first-order chi connectivity index (χ1) is 13.9. The zero-order chi connectivity index (χ0) is 20.4. The third-order valence-corrected chi connectivity index (χ3v) is 7.65. The Bertz CT molecular complexity index is 947. The maximum atomic E-state index is 12.7. The zero-order valence-electron chi connectivity index (χ0n) is 17.0. The Morgan fingerprint density at radius 3 is 2.38 bits per heavy atom. The molecule has 0 bridgehead atoms. The van der Waals surface area contributed by atoms with Crippen molar-refractivity contribution in [3.63, 3.8) is 0 Å². The van der Waals surface area contributed by atoms with Gasteiger partial charge in [0.1, 0.15) is 6.33 Å². The Kier molecular flexibility index (Phi) is 5.84. The molecule has 2 fully saturated rings. The lowest BCUT2D eigenvalue weighted by atomic mass is 9.99. The molecule has 0 saturated carbocycles. The Morgan fingerprint density at radius 1 is 1.03 bits per heavy atom. The summed E-state index contributed by atoms with van der Waals surface area (Å²) >= 11 is 0. The first kappa shape index (κ1) is 20.2. The molecular formula is C19H28N6O3S. The standard InChI is InChI=1S/C19H28N6O3S/c1-15-11-16(2)25(22-15)18-12-19(21-14-20-18)28-13-17-5-9-24(10-6-17)29(26,27)23-7-3-4-8-23/h11-12,14,17H,3-10,13H2,1-2H3. The van der Waals surface area contributed by atoms with Gasteiger partial charge in [0.15, 0.2) is 5.82 Å². The van der Waals surface area contributed by atoms with E-state index >= 15 is 0 Å². The molecule has 9 nitrogen and oxygen atoms in total. The molecule has 2 aliphatic rings. The third-order valence-electron chi connectivity index (χ3n) is 5.61. The van der Waals surface area contributed by atoms with Crippen molar-refractivity contribution in [1.82, 2.24) is 28.4 Å². The first-order valence-corrected chi connectivity index (χ1v) is 11.6. The van der Waals surface area contributed by atoms with E-state index in [1.54, 1.807) is 19.4 Å². The van der Waals surface area contributed by atoms with E-state index in [-0.39, 0.29) is 0 Å². The summed E-state index contributed by atoms with van der Waals surface area (Å²) < 4.78 is 36.3. The van der Waals surface area contributed by atoms with Crippen molar-refractivity contribution in [2.75, 3.05) is 32.8 Å². The number of hydrogen-bond donors (Lipinski definition) is 0. The summed E-state index contributed by atoms with van der Waals surface area (Å²) in [5.74, 6) is 1.49. The average molecular weight is 421 g/mol. The van der Waals surface area contributed by atoms with Crippen LogP contribution >= 0.6 is 0 Å². The van der Waals surface area contributed by atoms with Crippen LogP contribution in [0.3, 0.4) is 0 Å². The third kappa shape index (κ3) is 4.44. The minimum absolute atomic E-state index is 0.312. The summed E-state index contributed by atoms with van der Waals surface area (Å²) in [6.07, 6.45) is 4.99. The van der Waals surface area contributed by atoms with E-state index in [0.29, 0.717) is 50.4 Å². The van der Waals surface area contributed by atoms with Gasteiger partial charge in [0.05, 0.1) is 12.3 Å². The number of ether oxygens (including phenoxy) is 1. The second-order valence-corrected chi connectivity index (χ2v) is 9.75. The SMILES string of the molecule is Cc1cc(C)n(-c2cc(OCC3CCN(S(=O)(=O)N4CCCC4)CC3)ncn2)n1. The van der Waals surface area contributed by atoms with Crippen LogP contribution in [0, 0.1) is 19.8 Å². The maximum Gasteiger partial charge on any atom is 0.281 e. The number of aryl methyl sites for hydroxylation is 2. The summed E-state index contributed by atoms with van der Waals surface area (Å²) in [6, 6.07) is 3.78. The van der Waals surface area contributed by atoms with Crippen molar-refractivity contribution in [2.45, 2.75) is 39.5 Å². The van der Waals surface area contributed by atoms with E-state index in [2.05, 4.69) is 15.1 Å². The molecule has 2 aromatic rings. The van der Waals surface area contributed by atoms with Gasteiger partial charge in [0.25, 0.3) is 10.2 Å². The number of rotatable bonds is 6. The molecule has 29 heavy (non-hydrogen) atoms. The fraction of sp³-hybridized carbons (Fsp3) is 0.632. The van der Waals surface area contributed by atoms with Crippen LogP contribution in [0.5, 0.6) is 5.88 Å². The van der Waals surface area contributed by atoms with Crippen molar-refractivity contribution < 1.29 is 13.2 Å². The maximum absolute atomic E-state index is 12.7. The predicted molar refractivity (Wildman–Crippen MR) is 108 cm³/mol. The van der Waals surface area contributed by atoms with Crippen LogP contribution in [0.25, 0.3) is 5.82 Å². The van der Waals surface area contributed by atoms with Gasteiger partial charge in [-0.25, -0.2) is 14.6 Å². The van der Waals surface area contributed by atoms with E-state index < -0.39 is 10.2 Å². The smallest absolute Gasteiger partial charge is 0.281 e. The summed E-state index contributed by atoms with van der Waals surface area (Å²) in [4.78, 5) is 8.49. The molecule has 0 aromatic carbocycles. The molecule has 10 heteroatoms. The van der Waals surface area contributed by atoms with Gasteiger partial charge in [-0.3, -0.25) is 0 Å². The molecule has 4 heterocycles. The lowest BCUT2D eigenvalue weighted by molar-refractivity contribution is 0.177. The molecule has 2 saturated heterocycles. The first-order valence-electron chi connectivity index (χ1n) is 10.2.